The summed E-state index contributed by atoms with van der Waals surface area (Å²) in [5.41, 5.74) is 0.723. The van der Waals surface area contributed by atoms with E-state index in [0.717, 1.165) is 37.9 Å². The summed E-state index contributed by atoms with van der Waals surface area (Å²) < 4.78 is 0. The standard InChI is InChI=1S/C16H23ClN2O2/c17-14-3-1-2-13(10-14)15(20)11-19-16(21)5-4-12-6-8-18-9-7-12/h1-3,10,12,15,18,20H,4-9,11H2,(H,19,21). The highest BCUT2D eigenvalue weighted by Gasteiger charge is 2.15. The van der Waals surface area contributed by atoms with Gasteiger partial charge >= 0.3 is 0 Å². The number of piperidine rings is 1. The fourth-order valence-corrected chi connectivity index (χ4v) is 2.83. The Labute approximate surface area is 130 Å². The first-order valence-electron chi connectivity index (χ1n) is 7.56. The summed E-state index contributed by atoms with van der Waals surface area (Å²) in [6.07, 6.45) is 3.05. The number of benzene rings is 1. The Morgan fingerprint density at radius 1 is 1.43 bits per heavy atom. The van der Waals surface area contributed by atoms with Crippen molar-refractivity contribution in [2.45, 2.75) is 31.8 Å². The van der Waals surface area contributed by atoms with E-state index in [2.05, 4.69) is 10.6 Å². The molecule has 3 N–H and O–H groups in total. The van der Waals surface area contributed by atoms with Crippen molar-refractivity contribution in [2.24, 2.45) is 5.92 Å². The summed E-state index contributed by atoms with van der Waals surface area (Å²) in [6.45, 7) is 2.34. The Kier molecular flexibility index (Phi) is 6.49. The first-order valence-corrected chi connectivity index (χ1v) is 7.94. The number of aliphatic hydroxyl groups excluding tert-OH is 1. The summed E-state index contributed by atoms with van der Waals surface area (Å²) in [7, 11) is 0. The van der Waals surface area contributed by atoms with Crippen molar-refractivity contribution in [3.8, 4) is 0 Å². The Morgan fingerprint density at radius 3 is 2.90 bits per heavy atom. The zero-order chi connectivity index (χ0) is 15.1. The van der Waals surface area contributed by atoms with E-state index in [0.29, 0.717) is 17.4 Å². The summed E-state index contributed by atoms with van der Waals surface area (Å²) >= 11 is 5.88. The highest BCUT2D eigenvalue weighted by molar-refractivity contribution is 6.30. The third-order valence-corrected chi connectivity index (χ3v) is 4.20. The molecule has 1 unspecified atom stereocenters. The average Bonchev–Trinajstić information content (AvgIpc) is 2.51. The van der Waals surface area contributed by atoms with Gasteiger partial charge in [0.05, 0.1) is 6.10 Å². The summed E-state index contributed by atoms with van der Waals surface area (Å²) in [5.74, 6) is 0.657. The van der Waals surface area contributed by atoms with Gasteiger partial charge in [-0.05, 0) is 56.0 Å². The van der Waals surface area contributed by atoms with Crippen molar-refractivity contribution in [3.63, 3.8) is 0 Å². The van der Waals surface area contributed by atoms with E-state index < -0.39 is 6.10 Å². The van der Waals surface area contributed by atoms with Crippen LogP contribution in [0, 0.1) is 5.92 Å². The predicted octanol–water partition coefficient (Wildman–Crippen LogP) is 2.27. The summed E-state index contributed by atoms with van der Waals surface area (Å²) in [6, 6.07) is 7.07. The number of hydrogen-bond donors (Lipinski definition) is 3. The number of nitrogens with one attached hydrogen (secondary N) is 2. The molecule has 1 amide bonds. The molecule has 1 aromatic carbocycles. The van der Waals surface area contributed by atoms with Gasteiger partial charge in [0.15, 0.2) is 0 Å². The molecule has 2 rings (SSSR count). The molecule has 1 heterocycles. The van der Waals surface area contributed by atoms with Gasteiger partial charge in [-0.15, -0.1) is 0 Å². The number of carbonyl (C=O) groups is 1. The molecule has 1 fully saturated rings. The zero-order valence-electron chi connectivity index (χ0n) is 12.1. The van der Waals surface area contributed by atoms with Crippen LogP contribution in [0.1, 0.15) is 37.4 Å². The number of rotatable bonds is 6. The number of hydrogen-bond acceptors (Lipinski definition) is 3. The number of halogens is 1. The largest absolute Gasteiger partial charge is 0.387 e. The first kappa shape index (κ1) is 16.3. The van der Waals surface area contributed by atoms with Crippen LogP contribution < -0.4 is 10.6 Å². The Bertz CT molecular complexity index is 461. The van der Waals surface area contributed by atoms with E-state index >= 15 is 0 Å². The van der Waals surface area contributed by atoms with Crippen LogP contribution in [-0.2, 0) is 4.79 Å². The molecule has 0 aliphatic carbocycles. The van der Waals surface area contributed by atoms with E-state index in [1.54, 1.807) is 24.3 Å². The molecule has 0 bridgehead atoms. The Balaban J connectivity index is 1.68. The van der Waals surface area contributed by atoms with Crippen LogP contribution in [0.25, 0.3) is 0 Å². The van der Waals surface area contributed by atoms with E-state index in [-0.39, 0.29) is 12.5 Å². The van der Waals surface area contributed by atoms with E-state index in [9.17, 15) is 9.90 Å². The molecule has 4 nitrogen and oxygen atoms in total. The van der Waals surface area contributed by atoms with Crippen molar-refractivity contribution in [1.29, 1.82) is 0 Å². The van der Waals surface area contributed by atoms with Crippen LogP contribution in [0.3, 0.4) is 0 Å². The minimum atomic E-state index is -0.716. The monoisotopic (exact) mass is 310 g/mol. The summed E-state index contributed by atoms with van der Waals surface area (Å²) in [5, 5.41) is 16.7. The second-order valence-corrected chi connectivity index (χ2v) is 6.04. The third kappa shape index (κ3) is 5.65. The van der Waals surface area contributed by atoms with E-state index in [4.69, 9.17) is 11.6 Å². The van der Waals surface area contributed by atoms with Crippen LogP contribution >= 0.6 is 11.6 Å². The Hall–Kier alpha value is -1.10. The van der Waals surface area contributed by atoms with Gasteiger partial charge in [0.25, 0.3) is 0 Å². The van der Waals surface area contributed by atoms with E-state index in [1.807, 2.05) is 0 Å². The lowest BCUT2D eigenvalue weighted by molar-refractivity contribution is -0.121. The minimum Gasteiger partial charge on any atom is -0.387 e. The molecular weight excluding hydrogens is 288 g/mol. The minimum absolute atomic E-state index is 0.00890. The lowest BCUT2D eigenvalue weighted by atomic mass is 9.93. The molecule has 1 aromatic rings. The van der Waals surface area contributed by atoms with Crippen LogP contribution in [-0.4, -0.2) is 30.6 Å². The first-order chi connectivity index (χ1) is 10.1. The maximum atomic E-state index is 11.8. The third-order valence-electron chi connectivity index (χ3n) is 3.96. The molecular formula is C16H23ClN2O2. The van der Waals surface area contributed by atoms with Crippen LogP contribution in [0.2, 0.25) is 5.02 Å². The SMILES string of the molecule is O=C(CCC1CCNCC1)NCC(O)c1cccc(Cl)c1. The smallest absolute Gasteiger partial charge is 0.220 e. The summed E-state index contributed by atoms with van der Waals surface area (Å²) in [4.78, 5) is 11.8. The van der Waals surface area contributed by atoms with Crippen LogP contribution in [0.15, 0.2) is 24.3 Å². The van der Waals surface area contributed by atoms with Crippen molar-refractivity contribution < 1.29 is 9.90 Å². The van der Waals surface area contributed by atoms with Crippen LogP contribution in [0.5, 0.6) is 0 Å². The fraction of sp³-hybridized carbons (Fsp3) is 0.562. The highest BCUT2D eigenvalue weighted by atomic mass is 35.5. The zero-order valence-corrected chi connectivity index (χ0v) is 12.9. The number of amides is 1. The maximum Gasteiger partial charge on any atom is 0.220 e. The maximum absolute atomic E-state index is 11.8. The highest BCUT2D eigenvalue weighted by Crippen LogP contribution is 2.18. The van der Waals surface area contributed by atoms with E-state index in [1.165, 1.54) is 0 Å². The molecule has 1 aliphatic rings. The Morgan fingerprint density at radius 2 is 2.19 bits per heavy atom. The lowest BCUT2D eigenvalue weighted by Gasteiger charge is -2.22. The molecule has 1 atom stereocenters. The van der Waals surface area contributed by atoms with Gasteiger partial charge in [0.2, 0.25) is 5.91 Å². The molecule has 5 heteroatoms. The lowest BCUT2D eigenvalue weighted by Crippen LogP contribution is -2.31. The van der Waals surface area contributed by atoms with Crippen molar-refractivity contribution >= 4 is 17.5 Å². The van der Waals surface area contributed by atoms with Gasteiger partial charge in [-0.2, -0.15) is 0 Å². The van der Waals surface area contributed by atoms with Gasteiger partial charge in [0.1, 0.15) is 0 Å². The van der Waals surface area contributed by atoms with Gasteiger partial charge < -0.3 is 15.7 Å². The average molecular weight is 311 g/mol. The molecule has 21 heavy (non-hydrogen) atoms. The molecule has 0 saturated carbocycles. The fourth-order valence-electron chi connectivity index (χ4n) is 2.64. The topological polar surface area (TPSA) is 61.4 Å². The van der Waals surface area contributed by atoms with Gasteiger partial charge in [0, 0.05) is 18.0 Å². The van der Waals surface area contributed by atoms with Crippen LogP contribution in [0.4, 0.5) is 0 Å². The van der Waals surface area contributed by atoms with Crippen molar-refractivity contribution in [1.82, 2.24) is 10.6 Å². The normalized spacial score (nSPS) is 17.4. The number of carbonyl (C=O) groups excluding carboxylic acids is 1. The molecule has 0 spiro atoms. The molecule has 0 radical (unpaired) electrons. The second kappa shape index (κ2) is 8.37. The second-order valence-electron chi connectivity index (χ2n) is 5.61. The molecule has 0 aromatic heterocycles. The van der Waals surface area contributed by atoms with Gasteiger partial charge in [-0.3, -0.25) is 4.79 Å². The van der Waals surface area contributed by atoms with Gasteiger partial charge in [-0.25, -0.2) is 0 Å². The van der Waals surface area contributed by atoms with Crippen molar-refractivity contribution in [3.05, 3.63) is 34.9 Å². The molecule has 1 saturated heterocycles. The molecule has 116 valence electrons. The molecule has 1 aliphatic heterocycles. The number of aliphatic hydroxyl groups is 1. The predicted molar refractivity (Wildman–Crippen MR) is 84.2 cm³/mol. The van der Waals surface area contributed by atoms with Crippen molar-refractivity contribution in [2.75, 3.05) is 19.6 Å². The van der Waals surface area contributed by atoms with Gasteiger partial charge in [-0.1, -0.05) is 23.7 Å². The quantitative estimate of drug-likeness (QED) is 0.755.